The summed E-state index contributed by atoms with van der Waals surface area (Å²) in [5.41, 5.74) is 3.69. The molecule has 0 aliphatic carbocycles. The van der Waals surface area contributed by atoms with Gasteiger partial charge in [-0.05, 0) is 39.3 Å². The highest BCUT2D eigenvalue weighted by Crippen LogP contribution is 2.26. The molecule has 90 valence electrons. The molecule has 1 aromatic rings. The highest BCUT2D eigenvalue weighted by molar-refractivity contribution is 5.33. The van der Waals surface area contributed by atoms with E-state index >= 15 is 0 Å². The van der Waals surface area contributed by atoms with Gasteiger partial charge in [0.2, 0.25) is 0 Å². The minimum Gasteiger partial charge on any atom is -0.396 e. The van der Waals surface area contributed by atoms with Crippen LogP contribution in [0.25, 0.3) is 0 Å². The van der Waals surface area contributed by atoms with E-state index in [1.807, 2.05) is 0 Å². The van der Waals surface area contributed by atoms with Crippen LogP contribution in [-0.2, 0) is 5.54 Å². The van der Waals surface area contributed by atoms with Crippen molar-refractivity contribution in [2.75, 3.05) is 13.2 Å². The summed E-state index contributed by atoms with van der Waals surface area (Å²) in [5.74, 6) is 0. The summed E-state index contributed by atoms with van der Waals surface area (Å²) >= 11 is 0. The molecule has 0 radical (unpaired) electrons. The van der Waals surface area contributed by atoms with Gasteiger partial charge < -0.3 is 10.4 Å². The normalized spacial score (nSPS) is 14.8. The second-order valence-corrected chi connectivity index (χ2v) is 4.71. The summed E-state index contributed by atoms with van der Waals surface area (Å²) in [4.78, 5) is 0. The number of nitrogens with one attached hydrogen (secondary N) is 1. The van der Waals surface area contributed by atoms with Gasteiger partial charge in [-0.3, -0.25) is 0 Å². The standard InChI is InChI=1S/C14H23NO/c1-5-15-14(4,6-7-16)13-9-11(2)8-12(3)10-13/h8-10,15-16H,5-7H2,1-4H3. The molecule has 0 fully saturated rings. The Kier molecular flexibility index (Phi) is 4.51. The number of rotatable bonds is 5. The van der Waals surface area contributed by atoms with E-state index in [-0.39, 0.29) is 12.1 Å². The maximum absolute atomic E-state index is 9.19. The van der Waals surface area contributed by atoms with Crippen LogP contribution < -0.4 is 5.32 Å². The molecule has 0 aromatic heterocycles. The van der Waals surface area contributed by atoms with E-state index in [2.05, 4.69) is 51.2 Å². The van der Waals surface area contributed by atoms with Gasteiger partial charge in [0.1, 0.15) is 0 Å². The van der Waals surface area contributed by atoms with Crippen LogP contribution in [0.15, 0.2) is 18.2 Å². The fourth-order valence-corrected chi connectivity index (χ4v) is 2.24. The molecule has 16 heavy (non-hydrogen) atoms. The van der Waals surface area contributed by atoms with Crippen LogP contribution in [0.4, 0.5) is 0 Å². The van der Waals surface area contributed by atoms with Gasteiger partial charge in [-0.2, -0.15) is 0 Å². The third-order valence-electron chi connectivity index (χ3n) is 3.04. The van der Waals surface area contributed by atoms with Crippen molar-refractivity contribution in [2.24, 2.45) is 0 Å². The monoisotopic (exact) mass is 221 g/mol. The van der Waals surface area contributed by atoms with Crippen LogP contribution in [0.5, 0.6) is 0 Å². The molecule has 0 aliphatic rings. The fourth-order valence-electron chi connectivity index (χ4n) is 2.24. The van der Waals surface area contributed by atoms with E-state index in [9.17, 15) is 5.11 Å². The largest absolute Gasteiger partial charge is 0.396 e. The lowest BCUT2D eigenvalue weighted by molar-refractivity contribution is 0.223. The first kappa shape index (κ1) is 13.2. The van der Waals surface area contributed by atoms with E-state index in [1.54, 1.807) is 0 Å². The lowest BCUT2D eigenvalue weighted by Gasteiger charge is -2.31. The summed E-state index contributed by atoms with van der Waals surface area (Å²) < 4.78 is 0. The van der Waals surface area contributed by atoms with E-state index < -0.39 is 0 Å². The molecular formula is C14H23NO. The first-order valence-electron chi connectivity index (χ1n) is 5.96. The van der Waals surface area contributed by atoms with Gasteiger partial charge in [0, 0.05) is 12.1 Å². The molecular weight excluding hydrogens is 198 g/mol. The molecule has 0 bridgehead atoms. The number of benzene rings is 1. The Hall–Kier alpha value is -0.860. The van der Waals surface area contributed by atoms with Gasteiger partial charge in [-0.15, -0.1) is 0 Å². The predicted octanol–water partition coefficient (Wildman–Crippen LogP) is 2.51. The number of hydrogen-bond donors (Lipinski definition) is 2. The number of hydrogen-bond acceptors (Lipinski definition) is 2. The van der Waals surface area contributed by atoms with Gasteiger partial charge in [0.15, 0.2) is 0 Å². The Labute approximate surface area is 98.7 Å². The third-order valence-corrected chi connectivity index (χ3v) is 3.04. The number of aryl methyl sites for hydroxylation is 2. The summed E-state index contributed by atoms with van der Waals surface area (Å²) in [6.07, 6.45) is 0.740. The Morgan fingerprint density at radius 3 is 2.19 bits per heavy atom. The third kappa shape index (κ3) is 3.06. The fraction of sp³-hybridized carbons (Fsp3) is 0.571. The maximum Gasteiger partial charge on any atom is 0.0451 e. The predicted molar refractivity (Wildman–Crippen MR) is 68.6 cm³/mol. The zero-order chi connectivity index (χ0) is 12.2. The molecule has 1 aromatic carbocycles. The highest BCUT2D eigenvalue weighted by atomic mass is 16.3. The van der Waals surface area contributed by atoms with E-state index in [0.717, 1.165) is 13.0 Å². The summed E-state index contributed by atoms with van der Waals surface area (Å²) in [6.45, 7) is 9.59. The Morgan fingerprint density at radius 1 is 1.19 bits per heavy atom. The second kappa shape index (κ2) is 5.46. The molecule has 0 aliphatic heterocycles. The first-order valence-corrected chi connectivity index (χ1v) is 5.96. The molecule has 1 rings (SSSR count). The van der Waals surface area contributed by atoms with Crippen molar-refractivity contribution in [1.29, 1.82) is 0 Å². The van der Waals surface area contributed by atoms with Gasteiger partial charge >= 0.3 is 0 Å². The molecule has 2 heteroatoms. The van der Waals surface area contributed by atoms with Crippen molar-refractivity contribution in [2.45, 2.75) is 39.7 Å². The van der Waals surface area contributed by atoms with Gasteiger partial charge in [-0.1, -0.05) is 36.2 Å². The van der Waals surface area contributed by atoms with Crippen molar-refractivity contribution in [1.82, 2.24) is 5.32 Å². The van der Waals surface area contributed by atoms with E-state index in [4.69, 9.17) is 0 Å². The minimum absolute atomic E-state index is 0.125. The average molecular weight is 221 g/mol. The summed E-state index contributed by atoms with van der Waals surface area (Å²) in [6, 6.07) is 6.57. The Morgan fingerprint density at radius 2 is 1.75 bits per heavy atom. The lowest BCUT2D eigenvalue weighted by atomic mass is 9.87. The smallest absolute Gasteiger partial charge is 0.0451 e. The topological polar surface area (TPSA) is 32.3 Å². The first-order chi connectivity index (χ1) is 7.51. The SMILES string of the molecule is CCNC(C)(CCO)c1cc(C)cc(C)c1. The van der Waals surface area contributed by atoms with Crippen LogP contribution in [0.3, 0.4) is 0 Å². The van der Waals surface area contributed by atoms with Crippen LogP contribution >= 0.6 is 0 Å². The van der Waals surface area contributed by atoms with Gasteiger partial charge in [0.05, 0.1) is 0 Å². The lowest BCUT2D eigenvalue weighted by Crippen LogP contribution is -2.40. The molecule has 0 saturated carbocycles. The molecule has 1 unspecified atom stereocenters. The molecule has 2 N–H and O–H groups in total. The van der Waals surface area contributed by atoms with Crippen molar-refractivity contribution < 1.29 is 5.11 Å². The zero-order valence-corrected chi connectivity index (χ0v) is 10.8. The van der Waals surface area contributed by atoms with E-state index in [0.29, 0.717) is 0 Å². The highest BCUT2D eigenvalue weighted by Gasteiger charge is 2.24. The van der Waals surface area contributed by atoms with Crippen LogP contribution in [-0.4, -0.2) is 18.3 Å². The minimum atomic E-state index is -0.125. The van der Waals surface area contributed by atoms with Crippen LogP contribution in [0.1, 0.15) is 37.0 Å². The van der Waals surface area contributed by atoms with Crippen molar-refractivity contribution in [3.8, 4) is 0 Å². The van der Waals surface area contributed by atoms with Crippen LogP contribution in [0, 0.1) is 13.8 Å². The summed E-state index contributed by atoms with van der Waals surface area (Å²) in [5, 5.41) is 12.7. The Balaban J connectivity index is 3.09. The van der Waals surface area contributed by atoms with E-state index in [1.165, 1.54) is 16.7 Å². The number of aliphatic hydroxyl groups is 1. The van der Waals surface area contributed by atoms with Crippen LogP contribution in [0.2, 0.25) is 0 Å². The van der Waals surface area contributed by atoms with Gasteiger partial charge in [-0.25, -0.2) is 0 Å². The molecule has 1 atom stereocenters. The van der Waals surface area contributed by atoms with Gasteiger partial charge in [0.25, 0.3) is 0 Å². The van der Waals surface area contributed by atoms with Crippen molar-refractivity contribution in [3.05, 3.63) is 34.9 Å². The molecule has 0 spiro atoms. The Bertz CT molecular complexity index is 320. The molecule has 0 amide bonds. The maximum atomic E-state index is 9.19. The quantitative estimate of drug-likeness (QED) is 0.800. The average Bonchev–Trinajstić information content (AvgIpc) is 2.16. The summed E-state index contributed by atoms with van der Waals surface area (Å²) in [7, 11) is 0. The molecule has 2 nitrogen and oxygen atoms in total. The second-order valence-electron chi connectivity index (χ2n) is 4.71. The molecule has 0 saturated heterocycles. The molecule has 0 heterocycles. The zero-order valence-electron chi connectivity index (χ0n) is 10.8. The van der Waals surface area contributed by atoms with Crippen molar-refractivity contribution >= 4 is 0 Å². The number of aliphatic hydroxyl groups excluding tert-OH is 1. The van der Waals surface area contributed by atoms with Crippen molar-refractivity contribution in [3.63, 3.8) is 0 Å².